The van der Waals surface area contributed by atoms with Crippen LogP contribution in [0.3, 0.4) is 0 Å². The monoisotopic (exact) mass is 414 g/mol. The summed E-state index contributed by atoms with van der Waals surface area (Å²) in [5.41, 5.74) is 0.985. The van der Waals surface area contributed by atoms with Gasteiger partial charge in [0.15, 0.2) is 5.76 Å². The van der Waals surface area contributed by atoms with E-state index in [0.29, 0.717) is 48.4 Å². The number of carbonyl (C=O) groups is 2. The Labute approximate surface area is 177 Å². The predicted molar refractivity (Wildman–Crippen MR) is 115 cm³/mol. The average Bonchev–Trinajstić information content (AvgIpc) is 3.44. The van der Waals surface area contributed by atoms with Crippen molar-refractivity contribution in [2.45, 2.75) is 52.4 Å². The van der Waals surface area contributed by atoms with Gasteiger partial charge in [0.25, 0.3) is 5.91 Å². The largest absolute Gasteiger partial charge is 0.492 e. The van der Waals surface area contributed by atoms with E-state index in [0.717, 1.165) is 6.42 Å². The fraction of sp³-hybridized carbons (Fsp3) is 0.478. The van der Waals surface area contributed by atoms with Gasteiger partial charge in [-0.3, -0.25) is 9.59 Å². The molecule has 1 aromatic heterocycles. The molecular weight excluding hydrogens is 384 g/mol. The Bertz CT molecular complexity index is 842. The Morgan fingerprint density at radius 3 is 2.23 bits per heavy atom. The molecule has 7 nitrogen and oxygen atoms in total. The van der Waals surface area contributed by atoms with Gasteiger partial charge in [0, 0.05) is 18.6 Å². The first-order valence-corrected chi connectivity index (χ1v) is 10.7. The number of furan rings is 1. The maximum atomic E-state index is 12.5. The average molecular weight is 415 g/mol. The van der Waals surface area contributed by atoms with E-state index in [1.807, 2.05) is 13.8 Å². The van der Waals surface area contributed by atoms with E-state index in [2.05, 4.69) is 10.6 Å². The van der Waals surface area contributed by atoms with Gasteiger partial charge in [-0.2, -0.15) is 0 Å². The van der Waals surface area contributed by atoms with Crippen molar-refractivity contribution >= 4 is 23.2 Å². The molecule has 30 heavy (non-hydrogen) atoms. The van der Waals surface area contributed by atoms with Gasteiger partial charge in [0.1, 0.15) is 11.5 Å². The third-order valence-electron chi connectivity index (χ3n) is 5.20. The van der Waals surface area contributed by atoms with Crippen molar-refractivity contribution in [2.24, 2.45) is 5.92 Å². The number of carbonyl (C=O) groups excluding carboxylic acids is 2. The molecular formula is C23H30N2O5. The fourth-order valence-electron chi connectivity index (χ4n) is 3.74. The topological polar surface area (TPSA) is 89.8 Å². The SMILES string of the molecule is CCOc1cc(NC(=O)c2ccco2)c(OCC)cc1NC(=O)CCC1CCCC1. The smallest absolute Gasteiger partial charge is 0.291 e. The Morgan fingerprint density at radius 2 is 1.67 bits per heavy atom. The zero-order valence-corrected chi connectivity index (χ0v) is 17.7. The van der Waals surface area contributed by atoms with E-state index >= 15 is 0 Å². The van der Waals surface area contributed by atoms with Gasteiger partial charge in [-0.15, -0.1) is 0 Å². The molecule has 0 unspecified atom stereocenters. The molecule has 0 bridgehead atoms. The molecule has 1 aromatic carbocycles. The van der Waals surface area contributed by atoms with Crippen molar-refractivity contribution < 1.29 is 23.5 Å². The Morgan fingerprint density at radius 1 is 1.03 bits per heavy atom. The highest BCUT2D eigenvalue weighted by Gasteiger charge is 2.19. The summed E-state index contributed by atoms with van der Waals surface area (Å²) in [6, 6.07) is 6.59. The number of rotatable bonds is 10. The Hall–Kier alpha value is -2.96. The van der Waals surface area contributed by atoms with Crippen LogP contribution in [0.2, 0.25) is 0 Å². The molecule has 2 N–H and O–H groups in total. The highest BCUT2D eigenvalue weighted by atomic mass is 16.5. The summed E-state index contributed by atoms with van der Waals surface area (Å²) in [5.74, 6) is 1.34. The van der Waals surface area contributed by atoms with Crippen LogP contribution >= 0.6 is 0 Å². The third-order valence-corrected chi connectivity index (χ3v) is 5.20. The molecule has 1 fully saturated rings. The molecule has 1 aliphatic carbocycles. The number of hydrogen-bond acceptors (Lipinski definition) is 5. The molecule has 0 radical (unpaired) electrons. The molecule has 0 atom stereocenters. The number of hydrogen-bond donors (Lipinski definition) is 2. The summed E-state index contributed by atoms with van der Waals surface area (Å²) in [4.78, 5) is 24.9. The lowest BCUT2D eigenvalue weighted by Crippen LogP contribution is -2.16. The van der Waals surface area contributed by atoms with Crippen molar-refractivity contribution in [3.8, 4) is 11.5 Å². The standard InChI is InChI=1S/C23H30N2O5/c1-3-28-20-15-18(25-23(27)19-10-7-13-30-19)21(29-4-2)14-17(20)24-22(26)12-11-16-8-5-6-9-16/h7,10,13-16H,3-6,8-9,11-12H2,1-2H3,(H,24,26)(H,25,27). The van der Waals surface area contributed by atoms with E-state index in [-0.39, 0.29) is 11.7 Å². The van der Waals surface area contributed by atoms with Crippen LogP contribution in [0.15, 0.2) is 34.9 Å². The van der Waals surface area contributed by atoms with Gasteiger partial charge < -0.3 is 24.5 Å². The summed E-state index contributed by atoms with van der Waals surface area (Å²) in [6.45, 7) is 4.55. The van der Waals surface area contributed by atoms with Crippen molar-refractivity contribution in [2.75, 3.05) is 23.8 Å². The summed E-state index contributed by atoms with van der Waals surface area (Å²) in [7, 11) is 0. The minimum Gasteiger partial charge on any atom is -0.492 e. The van der Waals surface area contributed by atoms with Crippen molar-refractivity contribution in [1.29, 1.82) is 0 Å². The number of anilines is 2. The molecule has 7 heteroatoms. The van der Waals surface area contributed by atoms with Gasteiger partial charge in [0.2, 0.25) is 5.91 Å². The third kappa shape index (κ3) is 5.78. The second-order valence-corrected chi connectivity index (χ2v) is 7.38. The van der Waals surface area contributed by atoms with Crippen molar-refractivity contribution in [3.05, 3.63) is 36.3 Å². The van der Waals surface area contributed by atoms with Crippen LogP contribution < -0.4 is 20.1 Å². The number of benzene rings is 1. The van der Waals surface area contributed by atoms with Crippen LogP contribution in [0.1, 0.15) is 62.9 Å². The number of ether oxygens (including phenoxy) is 2. The van der Waals surface area contributed by atoms with Crippen molar-refractivity contribution in [1.82, 2.24) is 0 Å². The van der Waals surface area contributed by atoms with E-state index < -0.39 is 5.91 Å². The van der Waals surface area contributed by atoms with Gasteiger partial charge in [-0.25, -0.2) is 0 Å². The van der Waals surface area contributed by atoms with E-state index in [9.17, 15) is 9.59 Å². The molecule has 1 saturated carbocycles. The zero-order valence-electron chi connectivity index (χ0n) is 17.7. The molecule has 0 spiro atoms. The summed E-state index contributed by atoms with van der Waals surface area (Å²) < 4.78 is 16.6. The highest BCUT2D eigenvalue weighted by molar-refractivity contribution is 6.04. The molecule has 0 saturated heterocycles. The number of nitrogens with one attached hydrogen (secondary N) is 2. The lowest BCUT2D eigenvalue weighted by Gasteiger charge is -2.18. The van der Waals surface area contributed by atoms with Crippen LogP contribution in [-0.4, -0.2) is 25.0 Å². The summed E-state index contributed by atoms with van der Waals surface area (Å²) in [6.07, 6.45) is 7.80. The second-order valence-electron chi connectivity index (χ2n) is 7.38. The molecule has 2 aromatic rings. The molecule has 1 aliphatic rings. The van der Waals surface area contributed by atoms with Gasteiger partial charge in [-0.05, 0) is 38.3 Å². The lowest BCUT2D eigenvalue weighted by molar-refractivity contribution is -0.116. The van der Waals surface area contributed by atoms with Crippen LogP contribution in [0, 0.1) is 5.92 Å². The molecule has 3 rings (SSSR count). The summed E-state index contributed by atoms with van der Waals surface area (Å²) in [5, 5.41) is 5.74. The maximum absolute atomic E-state index is 12.5. The minimum atomic E-state index is -0.392. The summed E-state index contributed by atoms with van der Waals surface area (Å²) >= 11 is 0. The molecule has 162 valence electrons. The lowest BCUT2D eigenvalue weighted by atomic mass is 10.0. The van der Waals surface area contributed by atoms with E-state index in [4.69, 9.17) is 13.9 Å². The maximum Gasteiger partial charge on any atom is 0.291 e. The predicted octanol–water partition coefficient (Wildman–Crippen LogP) is 5.24. The van der Waals surface area contributed by atoms with Crippen molar-refractivity contribution in [3.63, 3.8) is 0 Å². The van der Waals surface area contributed by atoms with Crippen LogP contribution in [-0.2, 0) is 4.79 Å². The second kappa shape index (κ2) is 10.7. The van der Waals surface area contributed by atoms with E-state index in [1.54, 1.807) is 24.3 Å². The zero-order chi connectivity index (χ0) is 21.3. The first-order chi connectivity index (χ1) is 14.6. The minimum absolute atomic E-state index is 0.0438. The molecule has 2 amide bonds. The van der Waals surface area contributed by atoms with Crippen LogP contribution in [0.4, 0.5) is 11.4 Å². The van der Waals surface area contributed by atoms with E-state index in [1.165, 1.54) is 31.9 Å². The fourth-order valence-corrected chi connectivity index (χ4v) is 3.74. The Balaban J connectivity index is 1.76. The van der Waals surface area contributed by atoms with Crippen LogP contribution in [0.5, 0.6) is 11.5 Å². The molecule has 0 aliphatic heterocycles. The number of amides is 2. The highest BCUT2D eigenvalue weighted by Crippen LogP contribution is 2.37. The quantitative estimate of drug-likeness (QED) is 0.555. The Kier molecular flexibility index (Phi) is 7.76. The molecule has 1 heterocycles. The normalized spacial score (nSPS) is 13.8. The van der Waals surface area contributed by atoms with Gasteiger partial charge >= 0.3 is 0 Å². The van der Waals surface area contributed by atoms with Crippen LogP contribution in [0.25, 0.3) is 0 Å². The first-order valence-electron chi connectivity index (χ1n) is 10.7. The first kappa shape index (κ1) is 21.7. The van der Waals surface area contributed by atoms with Gasteiger partial charge in [0.05, 0.1) is 30.9 Å². The van der Waals surface area contributed by atoms with Gasteiger partial charge in [-0.1, -0.05) is 25.7 Å².